The molecule has 3 amide bonds. The number of hydrogen-bond acceptors (Lipinski definition) is 5. The van der Waals surface area contributed by atoms with Crippen LogP contribution in [-0.4, -0.2) is 28.2 Å². The number of anilines is 2. The fraction of sp³-hybridized carbons (Fsp3) is 0.238. The molecule has 1 unspecified atom stereocenters. The van der Waals surface area contributed by atoms with Gasteiger partial charge in [0.15, 0.2) is 0 Å². The van der Waals surface area contributed by atoms with Crippen molar-refractivity contribution < 1.29 is 14.0 Å². The normalized spacial score (nSPS) is 11.8. The van der Waals surface area contributed by atoms with Gasteiger partial charge in [-0.05, 0) is 31.0 Å². The summed E-state index contributed by atoms with van der Waals surface area (Å²) in [6, 6.07) is 12.1. The van der Waals surface area contributed by atoms with Gasteiger partial charge in [0.2, 0.25) is 11.0 Å². The van der Waals surface area contributed by atoms with Gasteiger partial charge in [-0.25, -0.2) is 9.18 Å². The van der Waals surface area contributed by atoms with Crippen LogP contribution in [0.4, 0.5) is 20.0 Å². The summed E-state index contributed by atoms with van der Waals surface area (Å²) < 4.78 is 13.7. The lowest BCUT2D eigenvalue weighted by Crippen LogP contribution is -2.48. The number of nitrogens with one attached hydrogen (secondary N) is 3. The molecule has 0 saturated carbocycles. The van der Waals surface area contributed by atoms with Gasteiger partial charge in [0.1, 0.15) is 16.9 Å². The Morgan fingerprint density at radius 1 is 1.03 bits per heavy atom. The smallest absolute Gasteiger partial charge is 0.319 e. The molecule has 2 aromatic carbocycles. The number of rotatable bonds is 6. The molecule has 0 saturated heterocycles. The third-order valence-electron chi connectivity index (χ3n) is 4.28. The Morgan fingerprint density at radius 3 is 2.50 bits per heavy atom. The minimum Gasteiger partial charge on any atom is -0.326 e. The molecule has 3 N–H and O–H groups in total. The molecule has 1 heterocycles. The SMILES string of the molecule is Cc1cccc(-c2nnc(NC(=O)C(NC(=O)Nc3ccccc3F)C(C)C)s2)c1. The maximum absolute atomic E-state index is 13.7. The molecule has 3 aromatic rings. The number of hydrogen-bond donors (Lipinski definition) is 3. The first-order valence-electron chi connectivity index (χ1n) is 9.37. The lowest BCUT2D eigenvalue weighted by atomic mass is 10.0. The third kappa shape index (κ3) is 5.38. The lowest BCUT2D eigenvalue weighted by molar-refractivity contribution is -0.118. The molecule has 7 nitrogen and oxygen atoms in total. The zero-order chi connectivity index (χ0) is 21.7. The van der Waals surface area contributed by atoms with Crippen LogP contribution >= 0.6 is 11.3 Å². The number of halogens is 1. The number of benzene rings is 2. The molecule has 30 heavy (non-hydrogen) atoms. The van der Waals surface area contributed by atoms with E-state index in [1.165, 1.54) is 29.5 Å². The number of para-hydroxylation sites is 1. The molecule has 0 spiro atoms. The van der Waals surface area contributed by atoms with Gasteiger partial charge >= 0.3 is 6.03 Å². The largest absolute Gasteiger partial charge is 0.326 e. The van der Waals surface area contributed by atoms with Gasteiger partial charge < -0.3 is 10.6 Å². The van der Waals surface area contributed by atoms with Crippen molar-refractivity contribution in [3.63, 3.8) is 0 Å². The van der Waals surface area contributed by atoms with E-state index in [-0.39, 0.29) is 11.6 Å². The second-order valence-electron chi connectivity index (χ2n) is 7.07. The van der Waals surface area contributed by atoms with Crippen molar-refractivity contribution in [3.8, 4) is 10.6 Å². The van der Waals surface area contributed by atoms with Crippen molar-refractivity contribution in [3.05, 3.63) is 59.9 Å². The average Bonchev–Trinajstić information content (AvgIpc) is 3.16. The zero-order valence-electron chi connectivity index (χ0n) is 16.8. The Balaban J connectivity index is 1.66. The lowest BCUT2D eigenvalue weighted by Gasteiger charge is -2.21. The molecule has 0 aliphatic rings. The van der Waals surface area contributed by atoms with Crippen molar-refractivity contribution in [2.75, 3.05) is 10.6 Å². The highest BCUT2D eigenvalue weighted by Crippen LogP contribution is 2.27. The fourth-order valence-electron chi connectivity index (χ4n) is 2.75. The van der Waals surface area contributed by atoms with Crippen LogP contribution in [0.5, 0.6) is 0 Å². The van der Waals surface area contributed by atoms with E-state index in [2.05, 4.69) is 26.1 Å². The minimum atomic E-state index is -0.844. The topological polar surface area (TPSA) is 96.0 Å². The number of aromatic nitrogens is 2. The van der Waals surface area contributed by atoms with Gasteiger partial charge in [0.05, 0.1) is 5.69 Å². The molecular weight excluding hydrogens is 405 g/mol. The van der Waals surface area contributed by atoms with E-state index in [1.54, 1.807) is 19.9 Å². The summed E-state index contributed by atoms with van der Waals surface area (Å²) in [6.07, 6.45) is 0. The van der Waals surface area contributed by atoms with Gasteiger partial charge in [-0.15, -0.1) is 10.2 Å². The van der Waals surface area contributed by atoms with Gasteiger partial charge in [-0.3, -0.25) is 10.1 Å². The third-order valence-corrected chi connectivity index (χ3v) is 5.17. The molecule has 9 heteroatoms. The number of urea groups is 1. The first kappa shape index (κ1) is 21.4. The number of nitrogens with zero attached hydrogens (tertiary/aromatic N) is 2. The van der Waals surface area contributed by atoms with E-state index in [0.29, 0.717) is 10.1 Å². The van der Waals surface area contributed by atoms with Gasteiger partial charge in [0, 0.05) is 5.56 Å². The summed E-state index contributed by atoms with van der Waals surface area (Å²) in [5, 5.41) is 16.9. The summed E-state index contributed by atoms with van der Waals surface area (Å²) in [6.45, 7) is 5.58. The van der Waals surface area contributed by atoms with Gasteiger partial charge in [0.25, 0.3) is 0 Å². The van der Waals surface area contributed by atoms with Crippen LogP contribution in [0, 0.1) is 18.7 Å². The molecule has 0 radical (unpaired) electrons. The van der Waals surface area contributed by atoms with Crippen LogP contribution in [0.25, 0.3) is 10.6 Å². The average molecular weight is 428 g/mol. The van der Waals surface area contributed by atoms with Crippen molar-refractivity contribution >= 4 is 34.1 Å². The van der Waals surface area contributed by atoms with Crippen LogP contribution in [0.2, 0.25) is 0 Å². The van der Waals surface area contributed by atoms with E-state index >= 15 is 0 Å². The quantitative estimate of drug-likeness (QED) is 0.542. The van der Waals surface area contributed by atoms with Crippen LogP contribution in [0.15, 0.2) is 48.5 Å². The maximum atomic E-state index is 13.7. The van der Waals surface area contributed by atoms with Crippen LogP contribution in [-0.2, 0) is 4.79 Å². The van der Waals surface area contributed by atoms with Gasteiger partial charge in [-0.1, -0.05) is 61.1 Å². The second kappa shape index (κ2) is 9.45. The molecule has 0 fully saturated rings. The number of carbonyl (C=O) groups is 2. The molecular formula is C21H22FN5O2S. The molecule has 1 atom stereocenters. The highest BCUT2D eigenvalue weighted by atomic mass is 32.1. The highest BCUT2D eigenvalue weighted by Gasteiger charge is 2.25. The number of amides is 3. The summed E-state index contributed by atoms with van der Waals surface area (Å²) >= 11 is 1.24. The predicted octanol–water partition coefficient (Wildman–Crippen LogP) is 4.44. The molecule has 3 rings (SSSR count). The maximum Gasteiger partial charge on any atom is 0.319 e. The van der Waals surface area contributed by atoms with E-state index in [4.69, 9.17) is 0 Å². The first-order chi connectivity index (χ1) is 14.3. The number of carbonyl (C=O) groups excluding carboxylic acids is 2. The van der Waals surface area contributed by atoms with Gasteiger partial charge in [-0.2, -0.15) is 0 Å². The van der Waals surface area contributed by atoms with Crippen molar-refractivity contribution in [2.45, 2.75) is 26.8 Å². The zero-order valence-corrected chi connectivity index (χ0v) is 17.6. The standard InChI is InChI=1S/C21H22FN5O2S/c1-12(2)17(24-20(29)23-16-10-5-4-9-15(16)22)18(28)25-21-27-26-19(30-21)14-8-6-7-13(3)11-14/h4-12,17H,1-3H3,(H2,23,24,29)(H,25,27,28). The Kier molecular flexibility index (Phi) is 6.73. The first-order valence-corrected chi connectivity index (χ1v) is 10.2. The van der Waals surface area contributed by atoms with Crippen LogP contribution < -0.4 is 16.0 Å². The Labute approximate surface area is 177 Å². The summed E-state index contributed by atoms with van der Waals surface area (Å²) in [5.41, 5.74) is 2.04. The molecule has 0 aliphatic carbocycles. The summed E-state index contributed by atoms with van der Waals surface area (Å²) in [7, 11) is 0. The van der Waals surface area contributed by atoms with Crippen molar-refractivity contribution in [1.82, 2.24) is 15.5 Å². The van der Waals surface area contributed by atoms with Crippen LogP contribution in [0.3, 0.4) is 0 Å². The summed E-state index contributed by atoms with van der Waals surface area (Å²) in [5.74, 6) is -1.20. The van der Waals surface area contributed by atoms with E-state index in [1.807, 2.05) is 31.2 Å². The number of aryl methyl sites for hydroxylation is 1. The predicted molar refractivity (Wildman–Crippen MR) is 116 cm³/mol. The molecule has 1 aromatic heterocycles. The molecule has 156 valence electrons. The molecule has 0 bridgehead atoms. The Bertz CT molecular complexity index is 1050. The van der Waals surface area contributed by atoms with Crippen molar-refractivity contribution in [1.29, 1.82) is 0 Å². The van der Waals surface area contributed by atoms with E-state index in [9.17, 15) is 14.0 Å². The fourth-order valence-corrected chi connectivity index (χ4v) is 3.49. The van der Waals surface area contributed by atoms with E-state index in [0.717, 1.165) is 11.1 Å². The molecule has 0 aliphatic heterocycles. The van der Waals surface area contributed by atoms with E-state index < -0.39 is 23.8 Å². The monoisotopic (exact) mass is 427 g/mol. The Morgan fingerprint density at radius 2 is 1.80 bits per heavy atom. The Hall–Kier alpha value is -3.33. The minimum absolute atomic E-state index is 0.0323. The second-order valence-corrected chi connectivity index (χ2v) is 8.05. The van der Waals surface area contributed by atoms with Crippen LogP contribution in [0.1, 0.15) is 19.4 Å². The highest BCUT2D eigenvalue weighted by molar-refractivity contribution is 7.18. The summed E-state index contributed by atoms with van der Waals surface area (Å²) in [4.78, 5) is 25.0. The van der Waals surface area contributed by atoms with Crippen molar-refractivity contribution in [2.24, 2.45) is 5.92 Å².